The fourth-order valence-corrected chi connectivity index (χ4v) is 5.62. The second-order valence-electron chi connectivity index (χ2n) is 9.98. The number of hydrogen-bond acceptors (Lipinski definition) is 4. The molecule has 2 aromatic carbocycles. The molecule has 0 atom stereocenters. The summed E-state index contributed by atoms with van der Waals surface area (Å²) in [5.41, 5.74) is 6.48. The standard InChI is InChI=1S/C29H34N4O/c1-22-10-12-24(13-11-22)29(15-6-3-7-16-29)20-30-28(34)27-25-14-17-33(19-26(25)31-21-32-27)18-23-8-4-2-5-9-23/h2,4-5,8-13,21H,3,6-7,14-20H2,1H3,(H,30,34). The van der Waals surface area contributed by atoms with Crippen LogP contribution < -0.4 is 5.32 Å². The van der Waals surface area contributed by atoms with Crippen molar-refractivity contribution >= 4 is 5.91 Å². The first-order chi connectivity index (χ1) is 16.6. The third kappa shape index (κ3) is 4.90. The highest BCUT2D eigenvalue weighted by atomic mass is 16.1. The zero-order valence-corrected chi connectivity index (χ0v) is 20.1. The van der Waals surface area contributed by atoms with Crippen LogP contribution in [-0.4, -0.2) is 33.9 Å². The maximum absolute atomic E-state index is 13.3. The fraction of sp³-hybridized carbons (Fsp3) is 0.414. The highest BCUT2D eigenvalue weighted by molar-refractivity contribution is 5.94. The SMILES string of the molecule is Cc1ccc(C2(CNC(=O)c3ncnc4c3CCN(Cc3ccccc3)C4)CCCCC2)cc1. The lowest BCUT2D eigenvalue weighted by atomic mass is 9.69. The number of carbonyl (C=O) groups excluding carboxylic acids is 1. The van der Waals surface area contributed by atoms with Crippen LogP contribution in [0.2, 0.25) is 0 Å². The number of benzene rings is 2. The number of rotatable bonds is 6. The molecular formula is C29H34N4O. The predicted molar refractivity (Wildman–Crippen MR) is 135 cm³/mol. The van der Waals surface area contributed by atoms with E-state index < -0.39 is 0 Å². The van der Waals surface area contributed by atoms with E-state index >= 15 is 0 Å². The Bertz CT molecular complexity index is 1120. The van der Waals surface area contributed by atoms with Crippen molar-refractivity contribution in [2.24, 2.45) is 0 Å². The number of fused-ring (bicyclic) bond motifs is 1. The zero-order valence-electron chi connectivity index (χ0n) is 20.1. The van der Waals surface area contributed by atoms with E-state index in [-0.39, 0.29) is 11.3 Å². The van der Waals surface area contributed by atoms with Crippen molar-refractivity contribution in [2.75, 3.05) is 13.1 Å². The molecule has 0 unspecified atom stereocenters. The van der Waals surface area contributed by atoms with Crippen molar-refractivity contribution in [3.63, 3.8) is 0 Å². The Morgan fingerprint density at radius 2 is 1.76 bits per heavy atom. The van der Waals surface area contributed by atoms with Gasteiger partial charge in [-0.05, 0) is 37.3 Å². The Kier molecular flexibility index (Phi) is 6.73. The van der Waals surface area contributed by atoms with E-state index in [1.807, 2.05) is 6.07 Å². The fourth-order valence-electron chi connectivity index (χ4n) is 5.62. The van der Waals surface area contributed by atoms with Crippen molar-refractivity contribution in [2.45, 2.75) is 64.0 Å². The van der Waals surface area contributed by atoms with Gasteiger partial charge in [0.15, 0.2) is 0 Å². The van der Waals surface area contributed by atoms with E-state index in [1.54, 1.807) is 6.33 Å². The summed E-state index contributed by atoms with van der Waals surface area (Å²) in [5, 5.41) is 3.28. The number of nitrogens with zero attached hydrogens (tertiary/aromatic N) is 3. The number of carbonyl (C=O) groups is 1. The molecule has 1 N–H and O–H groups in total. The average molecular weight is 455 g/mol. The summed E-state index contributed by atoms with van der Waals surface area (Å²) in [7, 11) is 0. The first kappa shape index (κ1) is 22.7. The van der Waals surface area contributed by atoms with E-state index in [0.717, 1.165) is 50.2 Å². The molecule has 3 aromatic rings. The summed E-state index contributed by atoms with van der Waals surface area (Å²) in [6.45, 7) is 5.33. The molecule has 1 saturated carbocycles. The number of hydrogen-bond donors (Lipinski definition) is 1. The third-order valence-electron chi connectivity index (χ3n) is 7.61. The van der Waals surface area contributed by atoms with E-state index in [0.29, 0.717) is 12.2 Å². The van der Waals surface area contributed by atoms with Crippen LogP contribution in [0.4, 0.5) is 0 Å². The Hall–Kier alpha value is -3.05. The quantitative estimate of drug-likeness (QED) is 0.571. The predicted octanol–water partition coefficient (Wildman–Crippen LogP) is 4.98. The molecule has 2 aliphatic rings. The number of nitrogens with one attached hydrogen (secondary N) is 1. The van der Waals surface area contributed by atoms with Crippen molar-refractivity contribution in [3.8, 4) is 0 Å². The molecule has 176 valence electrons. The van der Waals surface area contributed by atoms with E-state index in [2.05, 4.69) is 75.6 Å². The van der Waals surface area contributed by atoms with Gasteiger partial charge in [0.05, 0.1) is 5.69 Å². The summed E-state index contributed by atoms with van der Waals surface area (Å²) in [5.74, 6) is -0.0628. The van der Waals surface area contributed by atoms with Crippen molar-refractivity contribution in [1.29, 1.82) is 0 Å². The van der Waals surface area contributed by atoms with Gasteiger partial charge < -0.3 is 5.32 Å². The molecule has 0 radical (unpaired) electrons. The highest BCUT2D eigenvalue weighted by Crippen LogP contribution is 2.39. The Morgan fingerprint density at radius 1 is 1.00 bits per heavy atom. The summed E-state index contributed by atoms with van der Waals surface area (Å²) < 4.78 is 0. The summed E-state index contributed by atoms with van der Waals surface area (Å²) in [6, 6.07) is 19.4. The molecule has 1 amide bonds. The molecule has 1 aromatic heterocycles. The topological polar surface area (TPSA) is 58.1 Å². The van der Waals surface area contributed by atoms with Gasteiger partial charge in [-0.15, -0.1) is 0 Å². The maximum Gasteiger partial charge on any atom is 0.270 e. The van der Waals surface area contributed by atoms with Crippen LogP contribution in [0.5, 0.6) is 0 Å². The smallest absolute Gasteiger partial charge is 0.270 e. The lowest BCUT2D eigenvalue weighted by molar-refractivity contribution is 0.0929. The molecule has 5 heteroatoms. The molecule has 1 aliphatic carbocycles. The van der Waals surface area contributed by atoms with Crippen LogP contribution in [0.15, 0.2) is 60.9 Å². The highest BCUT2D eigenvalue weighted by Gasteiger charge is 2.35. The van der Waals surface area contributed by atoms with Gasteiger partial charge in [-0.2, -0.15) is 0 Å². The molecule has 0 saturated heterocycles. The summed E-state index contributed by atoms with van der Waals surface area (Å²) in [6.07, 6.45) is 8.29. The van der Waals surface area contributed by atoms with Gasteiger partial charge in [-0.1, -0.05) is 79.4 Å². The van der Waals surface area contributed by atoms with Crippen LogP contribution in [0.25, 0.3) is 0 Å². The molecule has 1 fully saturated rings. The van der Waals surface area contributed by atoms with Gasteiger partial charge in [-0.25, -0.2) is 9.97 Å². The first-order valence-corrected chi connectivity index (χ1v) is 12.6. The third-order valence-corrected chi connectivity index (χ3v) is 7.61. The summed E-state index contributed by atoms with van der Waals surface area (Å²) in [4.78, 5) is 24.7. The monoisotopic (exact) mass is 454 g/mol. The van der Waals surface area contributed by atoms with Gasteiger partial charge >= 0.3 is 0 Å². The largest absolute Gasteiger partial charge is 0.350 e. The maximum atomic E-state index is 13.3. The molecule has 5 rings (SSSR count). The second-order valence-corrected chi connectivity index (χ2v) is 9.98. The molecule has 34 heavy (non-hydrogen) atoms. The van der Waals surface area contributed by atoms with Crippen LogP contribution >= 0.6 is 0 Å². The minimum atomic E-state index is -0.0628. The Balaban J connectivity index is 1.30. The molecular weight excluding hydrogens is 420 g/mol. The van der Waals surface area contributed by atoms with Gasteiger partial charge in [0.1, 0.15) is 12.0 Å². The number of aryl methyl sites for hydroxylation is 1. The first-order valence-electron chi connectivity index (χ1n) is 12.6. The average Bonchev–Trinajstić information content (AvgIpc) is 2.88. The van der Waals surface area contributed by atoms with Crippen LogP contribution in [0.3, 0.4) is 0 Å². The van der Waals surface area contributed by atoms with Gasteiger partial charge in [0.25, 0.3) is 5.91 Å². The zero-order chi connectivity index (χ0) is 23.4. The molecule has 0 bridgehead atoms. The lowest BCUT2D eigenvalue weighted by Gasteiger charge is -2.38. The normalized spacial score (nSPS) is 17.7. The Labute approximate surface area is 202 Å². The second kappa shape index (κ2) is 10.1. The molecule has 5 nitrogen and oxygen atoms in total. The van der Waals surface area contributed by atoms with Crippen LogP contribution in [0.1, 0.15) is 70.5 Å². The summed E-state index contributed by atoms with van der Waals surface area (Å²) >= 11 is 0. The van der Waals surface area contributed by atoms with E-state index in [4.69, 9.17) is 0 Å². The molecule has 0 spiro atoms. The van der Waals surface area contributed by atoms with Gasteiger partial charge in [-0.3, -0.25) is 9.69 Å². The molecule has 1 aliphatic heterocycles. The van der Waals surface area contributed by atoms with Gasteiger partial charge in [0, 0.05) is 37.2 Å². The number of aromatic nitrogens is 2. The molecule has 2 heterocycles. The van der Waals surface area contributed by atoms with Crippen LogP contribution in [0, 0.1) is 6.92 Å². The van der Waals surface area contributed by atoms with Crippen molar-refractivity contribution in [1.82, 2.24) is 20.2 Å². The minimum absolute atomic E-state index is 0.0151. The minimum Gasteiger partial charge on any atom is -0.350 e. The van der Waals surface area contributed by atoms with Crippen molar-refractivity contribution < 1.29 is 4.79 Å². The lowest BCUT2D eigenvalue weighted by Crippen LogP contribution is -2.43. The Morgan fingerprint density at radius 3 is 2.53 bits per heavy atom. The van der Waals surface area contributed by atoms with E-state index in [9.17, 15) is 4.79 Å². The number of amides is 1. The van der Waals surface area contributed by atoms with Crippen LogP contribution in [-0.2, 0) is 24.9 Å². The van der Waals surface area contributed by atoms with Crippen molar-refractivity contribution in [3.05, 3.63) is 94.6 Å². The van der Waals surface area contributed by atoms with Gasteiger partial charge in [0.2, 0.25) is 0 Å². The van der Waals surface area contributed by atoms with E-state index in [1.165, 1.54) is 36.0 Å².